The molecule has 1 saturated heterocycles. The van der Waals surface area contributed by atoms with Crippen molar-refractivity contribution in [3.05, 3.63) is 0 Å². The van der Waals surface area contributed by atoms with E-state index in [0.717, 1.165) is 6.16 Å². The zero-order valence-electron chi connectivity index (χ0n) is 7.12. The molecule has 0 unspecified atom stereocenters. The largest absolute Gasteiger partial charge is 0.332 e. The predicted molar refractivity (Wildman–Crippen MR) is 46.5 cm³/mol. The van der Waals surface area contributed by atoms with Gasteiger partial charge in [0.25, 0.3) is 0 Å². The SMILES string of the molecule is CC(C)CP1OCC(N)CO1. The highest BCUT2D eigenvalue weighted by Crippen LogP contribution is 2.42. The summed E-state index contributed by atoms with van der Waals surface area (Å²) < 4.78 is 10.8. The van der Waals surface area contributed by atoms with Gasteiger partial charge in [-0.1, -0.05) is 13.8 Å². The molecule has 1 rings (SSSR count). The summed E-state index contributed by atoms with van der Waals surface area (Å²) in [6.07, 6.45) is 1.03. The zero-order chi connectivity index (χ0) is 8.27. The summed E-state index contributed by atoms with van der Waals surface area (Å²) in [6, 6.07) is 0.0842. The van der Waals surface area contributed by atoms with Gasteiger partial charge in [-0.05, 0) is 5.92 Å². The maximum Gasteiger partial charge on any atom is 0.170 e. The molecular weight excluding hydrogens is 161 g/mol. The third-order valence-corrected chi connectivity index (χ3v) is 3.28. The van der Waals surface area contributed by atoms with Crippen LogP contribution in [0.4, 0.5) is 0 Å². The van der Waals surface area contributed by atoms with Crippen LogP contribution in [0.15, 0.2) is 0 Å². The Balaban J connectivity index is 2.17. The van der Waals surface area contributed by atoms with Gasteiger partial charge in [-0.3, -0.25) is 0 Å². The maximum atomic E-state index is 5.59. The molecule has 0 radical (unpaired) electrons. The van der Waals surface area contributed by atoms with Crippen molar-refractivity contribution in [3.63, 3.8) is 0 Å². The van der Waals surface area contributed by atoms with Crippen LogP contribution in [0.25, 0.3) is 0 Å². The summed E-state index contributed by atoms with van der Waals surface area (Å²) in [5.41, 5.74) is 5.59. The van der Waals surface area contributed by atoms with E-state index in [4.69, 9.17) is 14.8 Å². The highest BCUT2D eigenvalue weighted by atomic mass is 31.2. The van der Waals surface area contributed by atoms with E-state index in [-0.39, 0.29) is 6.04 Å². The summed E-state index contributed by atoms with van der Waals surface area (Å²) in [7, 11) is -0.618. The fourth-order valence-corrected chi connectivity index (χ4v) is 2.44. The van der Waals surface area contributed by atoms with Crippen molar-refractivity contribution < 1.29 is 9.05 Å². The molecule has 0 amide bonds. The van der Waals surface area contributed by atoms with E-state index in [1.54, 1.807) is 0 Å². The first-order valence-electron chi connectivity index (χ1n) is 3.97. The number of nitrogens with two attached hydrogens (primary N) is 1. The fourth-order valence-electron chi connectivity index (χ4n) is 0.847. The van der Waals surface area contributed by atoms with Crippen LogP contribution in [0.1, 0.15) is 13.8 Å². The Hall–Kier alpha value is 0.310. The third-order valence-electron chi connectivity index (χ3n) is 1.38. The first kappa shape index (κ1) is 9.40. The predicted octanol–water partition coefficient (Wildman–Crippen LogP) is 1.33. The average Bonchev–Trinajstić information content (AvgIpc) is 1.93. The van der Waals surface area contributed by atoms with Gasteiger partial charge in [-0.2, -0.15) is 0 Å². The van der Waals surface area contributed by atoms with E-state index in [9.17, 15) is 0 Å². The standard InChI is InChI=1S/C7H16NO2P/c1-6(2)5-11-9-3-7(8)4-10-11/h6-7H,3-5,8H2,1-2H3. The Kier molecular flexibility index (Phi) is 3.73. The van der Waals surface area contributed by atoms with E-state index in [1.165, 1.54) is 0 Å². The molecule has 0 atom stereocenters. The molecule has 0 aliphatic carbocycles. The molecule has 0 spiro atoms. The van der Waals surface area contributed by atoms with E-state index in [2.05, 4.69) is 13.8 Å². The Morgan fingerprint density at radius 3 is 2.45 bits per heavy atom. The minimum atomic E-state index is -0.618. The second kappa shape index (κ2) is 4.36. The second-order valence-corrected chi connectivity index (χ2v) is 4.81. The Bertz CT molecular complexity index is 113. The molecule has 0 aromatic carbocycles. The monoisotopic (exact) mass is 177 g/mol. The minimum absolute atomic E-state index is 0.0842. The quantitative estimate of drug-likeness (QED) is 0.647. The lowest BCUT2D eigenvalue weighted by atomic mass is 10.3. The van der Waals surface area contributed by atoms with Gasteiger partial charge in [0, 0.05) is 6.16 Å². The lowest BCUT2D eigenvalue weighted by Crippen LogP contribution is -2.34. The van der Waals surface area contributed by atoms with Crippen LogP contribution in [0, 0.1) is 5.92 Å². The number of hydrogen-bond acceptors (Lipinski definition) is 3. The van der Waals surface area contributed by atoms with Crippen LogP contribution in [0.3, 0.4) is 0 Å². The summed E-state index contributed by atoms with van der Waals surface area (Å²) in [5, 5.41) is 0. The van der Waals surface area contributed by atoms with Crippen molar-refractivity contribution >= 4 is 8.38 Å². The normalized spacial score (nSPS) is 32.7. The van der Waals surface area contributed by atoms with Gasteiger partial charge < -0.3 is 14.8 Å². The third kappa shape index (κ3) is 3.48. The summed E-state index contributed by atoms with van der Waals surface area (Å²) in [6.45, 7) is 5.67. The van der Waals surface area contributed by atoms with Crippen LogP contribution >= 0.6 is 8.38 Å². The van der Waals surface area contributed by atoms with Crippen LogP contribution in [-0.4, -0.2) is 25.4 Å². The van der Waals surface area contributed by atoms with Gasteiger partial charge >= 0.3 is 0 Å². The molecule has 1 aliphatic heterocycles. The Morgan fingerprint density at radius 2 is 2.00 bits per heavy atom. The summed E-state index contributed by atoms with van der Waals surface area (Å²) in [4.78, 5) is 0. The minimum Gasteiger partial charge on any atom is -0.332 e. The van der Waals surface area contributed by atoms with Gasteiger partial charge in [0.15, 0.2) is 8.38 Å². The van der Waals surface area contributed by atoms with E-state index >= 15 is 0 Å². The van der Waals surface area contributed by atoms with Crippen molar-refractivity contribution in [1.29, 1.82) is 0 Å². The summed E-state index contributed by atoms with van der Waals surface area (Å²) in [5.74, 6) is 0.649. The molecule has 1 aliphatic rings. The molecule has 1 fully saturated rings. The first-order chi connectivity index (χ1) is 5.18. The molecular formula is C7H16NO2P. The van der Waals surface area contributed by atoms with Crippen molar-refractivity contribution in [2.75, 3.05) is 19.4 Å². The van der Waals surface area contributed by atoms with Crippen LogP contribution in [0.2, 0.25) is 0 Å². The molecule has 2 N–H and O–H groups in total. The lowest BCUT2D eigenvalue weighted by molar-refractivity contribution is 0.157. The van der Waals surface area contributed by atoms with Gasteiger partial charge in [-0.25, -0.2) is 0 Å². The van der Waals surface area contributed by atoms with Crippen LogP contribution in [0.5, 0.6) is 0 Å². The molecule has 11 heavy (non-hydrogen) atoms. The molecule has 0 aromatic heterocycles. The molecule has 0 bridgehead atoms. The number of rotatable bonds is 2. The molecule has 4 heteroatoms. The highest BCUT2D eigenvalue weighted by Gasteiger charge is 2.20. The maximum absolute atomic E-state index is 5.59. The van der Waals surface area contributed by atoms with E-state index in [0.29, 0.717) is 19.1 Å². The molecule has 0 aromatic rings. The van der Waals surface area contributed by atoms with Crippen LogP contribution in [-0.2, 0) is 9.05 Å². The van der Waals surface area contributed by atoms with E-state index < -0.39 is 8.38 Å². The molecule has 66 valence electrons. The van der Waals surface area contributed by atoms with Crippen molar-refractivity contribution in [2.45, 2.75) is 19.9 Å². The molecule has 0 saturated carbocycles. The topological polar surface area (TPSA) is 44.5 Å². The summed E-state index contributed by atoms with van der Waals surface area (Å²) >= 11 is 0. The van der Waals surface area contributed by atoms with Crippen molar-refractivity contribution in [2.24, 2.45) is 11.7 Å². The van der Waals surface area contributed by atoms with Gasteiger partial charge in [-0.15, -0.1) is 0 Å². The fraction of sp³-hybridized carbons (Fsp3) is 1.00. The number of hydrogen-bond donors (Lipinski definition) is 1. The van der Waals surface area contributed by atoms with Crippen molar-refractivity contribution in [3.8, 4) is 0 Å². The van der Waals surface area contributed by atoms with Crippen molar-refractivity contribution in [1.82, 2.24) is 0 Å². The van der Waals surface area contributed by atoms with Gasteiger partial charge in [0.2, 0.25) is 0 Å². The zero-order valence-corrected chi connectivity index (χ0v) is 8.01. The molecule has 3 nitrogen and oxygen atoms in total. The van der Waals surface area contributed by atoms with Gasteiger partial charge in [0.05, 0.1) is 19.3 Å². The van der Waals surface area contributed by atoms with E-state index in [1.807, 2.05) is 0 Å². The van der Waals surface area contributed by atoms with Crippen LogP contribution < -0.4 is 5.73 Å². The molecule has 1 heterocycles. The lowest BCUT2D eigenvalue weighted by Gasteiger charge is -2.27. The highest BCUT2D eigenvalue weighted by molar-refractivity contribution is 7.47. The second-order valence-electron chi connectivity index (χ2n) is 3.26. The smallest absolute Gasteiger partial charge is 0.170 e. The van der Waals surface area contributed by atoms with Gasteiger partial charge in [0.1, 0.15) is 0 Å². The Morgan fingerprint density at radius 1 is 1.45 bits per heavy atom. The first-order valence-corrected chi connectivity index (χ1v) is 5.33. The Labute approximate surface area is 69.2 Å². The average molecular weight is 177 g/mol.